The highest BCUT2D eigenvalue weighted by Gasteiger charge is 2.13. The lowest BCUT2D eigenvalue weighted by atomic mass is 10.1. The maximum absolute atomic E-state index is 10.9. The minimum atomic E-state index is -0.392. The molecule has 1 N–H and O–H groups in total. The Morgan fingerprint density at radius 1 is 1.50 bits per heavy atom. The molecule has 0 unspecified atom stereocenters. The van der Waals surface area contributed by atoms with E-state index in [0.717, 1.165) is 11.3 Å². The molecule has 6 heteroatoms. The van der Waals surface area contributed by atoms with Crippen LogP contribution < -0.4 is 5.32 Å². The van der Waals surface area contributed by atoms with Gasteiger partial charge >= 0.3 is 0 Å². The van der Waals surface area contributed by atoms with E-state index in [1.165, 1.54) is 6.07 Å². The van der Waals surface area contributed by atoms with Crippen LogP contribution in [0.15, 0.2) is 30.5 Å². The molecule has 0 atom stereocenters. The Balaban J connectivity index is 2.17. The van der Waals surface area contributed by atoms with E-state index in [1.54, 1.807) is 36.7 Å². The largest absolute Gasteiger partial charge is 0.380 e. The first-order chi connectivity index (χ1) is 9.52. The van der Waals surface area contributed by atoms with Gasteiger partial charge in [-0.05, 0) is 24.6 Å². The van der Waals surface area contributed by atoms with Crippen molar-refractivity contribution in [1.82, 2.24) is 4.57 Å². The molecule has 6 nitrogen and oxygen atoms in total. The summed E-state index contributed by atoms with van der Waals surface area (Å²) in [6, 6.07) is 8.82. The zero-order valence-electron chi connectivity index (χ0n) is 11.3. The van der Waals surface area contributed by atoms with Crippen molar-refractivity contribution in [2.45, 2.75) is 13.5 Å². The fraction of sp³-hybridized carbons (Fsp3) is 0.214. The molecular weight excluding hydrogens is 256 g/mol. The van der Waals surface area contributed by atoms with Crippen LogP contribution in [0.5, 0.6) is 0 Å². The number of benzene rings is 1. The number of aryl methyl sites for hydroxylation is 1. The van der Waals surface area contributed by atoms with Gasteiger partial charge < -0.3 is 9.88 Å². The lowest BCUT2D eigenvalue weighted by Crippen LogP contribution is -2.02. The molecule has 1 aromatic carbocycles. The van der Waals surface area contributed by atoms with Crippen molar-refractivity contribution in [2.75, 3.05) is 5.32 Å². The molecule has 2 aromatic rings. The van der Waals surface area contributed by atoms with Crippen LogP contribution in [0.2, 0.25) is 0 Å². The van der Waals surface area contributed by atoms with Crippen molar-refractivity contribution in [3.63, 3.8) is 0 Å². The zero-order valence-corrected chi connectivity index (χ0v) is 11.3. The van der Waals surface area contributed by atoms with E-state index in [2.05, 4.69) is 11.4 Å². The van der Waals surface area contributed by atoms with Crippen LogP contribution in [0, 0.1) is 28.4 Å². The van der Waals surface area contributed by atoms with Crippen LogP contribution in [0.4, 0.5) is 11.4 Å². The number of nitro benzene ring substituents is 1. The molecule has 0 fully saturated rings. The van der Waals surface area contributed by atoms with Crippen LogP contribution in [0.3, 0.4) is 0 Å². The number of aromatic nitrogens is 1. The highest BCUT2D eigenvalue weighted by molar-refractivity contribution is 5.59. The topological polar surface area (TPSA) is 83.9 Å². The Labute approximate surface area is 116 Å². The highest BCUT2D eigenvalue weighted by atomic mass is 16.6. The fourth-order valence-electron chi connectivity index (χ4n) is 2.05. The van der Waals surface area contributed by atoms with Gasteiger partial charge in [0.25, 0.3) is 5.69 Å². The molecule has 1 heterocycles. The average molecular weight is 270 g/mol. The molecule has 0 aliphatic heterocycles. The number of rotatable bonds is 4. The summed E-state index contributed by atoms with van der Waals surface area (Å²) in [7, 11) is 1.81. The Hall–Kier alpha value is -2.81. The number of nitro groups is 1. The van der Waals surface area contributed by atoms with E-state index in [0.29, 0.717) is 17.8 Å². The van der Waals surface area contributed by atoms with Crippen molar-refractivity contribution in [3.8, 4) is 6.07 Å². The third-order valence-corrected chi connectivity index (χ3v) is 3.16. The number of hydrogen-bond donors (Lipinski definition) is 1. The maximum Gasteiger partial charge on any atom is 0.274 e. The van der Waals surface area contributed by atoms with Crippen molar-refractivity contribution in [2.24, 2.45) is 7.05 Å². The van der Waals surface area contributed by atoms with Gasteiger partial charge in [0, 0.05) is 37.1 Å². The van der Waals surface area contributed by atoms with Gasteiger partial charge in [-0.1, -0.05) is 6.07 Å². The maximum atomic E-state index is 10.9. The van der Waals surface area contributed by atoms with Gasteiger partial charge in [-0.2, -0.15) is 5.26 Å². The summed E-state index contributed by atoms with van der Waals surface area (Å²) in [5.74, 6) is 0. The lowest BCUT2D eigenvalue weighted by Gasteiger charge is -2.08. The molecule has 1 aromatic heterocycles. The Bertz CT molecular complexity index is 698. The molecule has 0 bridgehead atoms. The van der Waals surface area contributed by atoms with Gasteiger partial charge in [-0.25, -0.2) is 0 Å². The van der Waals surface area contributed by atoms with E-state index >= 15 is 0 Å². The summed E-state index contributed by atoms with van der Waals surface area (Å²) in [5.41, 5.74) is 2.96. The molecule has 102 valence electrons. The average Bonchev–Trinajstić information content (AvgIpc) is 2.77. The van der Waals surface area contributed by atoms with Gasteiger partial charge in [0.2, 0.25) is 0 Å². The number of anilines is 1. The molecule has 0 aliphatic rings. The van der Waals surface area contributed by atoms with Crippen molar-refractivity contribution >= 4 is 11.4 Å². The molecule has 0 amide bonds. The summed E-state index contributed by atoms with van der Waals surface area (Å²) in [6.07, 6.45) is 1.86. The quantitative estimate of drug-likeness (QED) is 0.683. The van der Waals surface area contributed by atoms with Crippen LogP contribution in [0.1, 0.15) is 16.8 Å². The number of nitrogens with zero attached hydrogens (tertiary/aromatic N) is 3. The zero-order chi connectivity index (χ0) is 14.7. The minimum Gasteiger partial charge on any atom is -0.380 e. The lowest BCUT2D eigenvalue weighted by molar-refractivity contribution is -0.385. The van der Waals surface area contributed by atoms with Crippen LogP contribution in [0.25, 0.3) is 0 Å². The fourth-order valence-corrected chi connectivity index (χ4v) is 2.05. The van der Waals surface area contributed by atoms with E-state index < -0.39 is 4.92 Å². The summed E-state index contributed by atoms with van der Waals surface area (Å²) in [4.78, 5) is 10.5. The van der Waals surface area contributed by atoms with Crippen LogP contribution >= 0.6 is 0 Å². The summed E-state index contributed by atoms with van der Waals surface area (Å²) in [6.45, 7) is 2.23. The SMILES string of the molecule is Cc1c(NCc2cc(C#N)n(C)c2)cccc1[N+](=O)[O-]. The van der Waals surface area contributed by atoms with Gasteiger partial charge in [-0.15, -0.1) is 0 Å². The van der Waals surface area contributed by atoms with Crippen molar-refractivity contribution in [1.29, 1.82) is 5.26 Å². The standard InChI is InChI=1S/C14H14N4O2/c1-10-13(4-3-5-14(10)18(19)20)16-8-11-6-12(7-15)17(2)9-11/h3-6,9,16H,8H2,1-2H3. The van der Waals surface area contributed by atoms with Gasteiger partial charge in [0.15, 0.2) is 0 Å². The van der Waals surface area contributed by atoms with Gasteiger partial charge in [-0.3, -0.25) is 10.1 Å². The van der Waals surface area contributed by atoms with E-state index in [1.807, 2.05) is 6.20 Å². The second-order valence-corrected chi connectivity index (χ2v) is 4.52. The summed E-state index contributed by atoms with van der Waals surface area (Å²) in [5, 5.41) is 22.9. The summed E-state index contributed by atoms with van der Waals surface area (Å²) >= 11 is 0. The first-order valence-corrected chi connectivity index (χ1v) is 6.06. The van der Waals surface area contributed by atoms with E-state index in [4.69, 9.17) is 5.26 Å². The van der Waals surface area contributed by atoms with Gasteiger partial charge in [0.1, 0.15) is 11.8 Å². The predicted octanol–water partition coefficient (Wildman–Crippen LogP) is 2.73. The van der Waals surface area contributed by atoms with Crippen LogP contribution in [-0.4, -0.2) is 9.49 Å². The van der Waals surface area contributed by atoms with Crippen LogP contribution in [-0.2, 0) is 13.6 Å². The molecular formula is C14H14N4O2. The normalized spacial score (nSPS) is 10.1. The first kappa shape index (κ1) is 13.6. The Kier molecular flexibility index (Phi) is 3.71. The summed E-state index contributed by atoms with van der Waals surface area (Å²) < 4.78 is 1.75. The second-order valence-electron chi connectivity index (χ2n) is 4.52. The van der Waals surface area contributed by atoms with E-state index in [9.17, 15) is 10.1 Å². The molecule has 0 saturated carbocycles. The second kappa shape index (κ2) is 5.45. The highest BCUT2D eigenvalue weighted by Crippen LogP contribution is 2.25. The monoisotopic (exact) mass is 270 g/mol. The van der Waals surface area contributed by atoms with Gasteiger partial charge in [0.05, 0.1) is 4.92 Å². The first-order valence-electron chi connectivity index (χ1n) is 6.06. The van der Waals surface area contributed by atoms with Crippen molar-refractivity contribution in [3.05, 3.63) is 57.4 Å². The van der Waals surface area contributed by atoms with E-state index in [-0.39, 0.29) is 5.69 Å². The molecule has 20 heavy (non-hydrogen) atoms. The third-order valence-electron chi connectivity index (χ3n) is 3.16. The smallest absolute Gasteiger partial charge is 0.274 e. The Morgan fingerprint density at radius 3 is 2.85 bits per heavy atom. The predicted molar refractivity (Wildman–Crippen MR) is 75.3 cm³/mol. The minimum absolute atomic E-state index is 0.0979. The molecule has 0 saturated heterocycles. The Morgan fingerprint density at radius 2 is 2.25 bits per heavy atom. The number of hydrogen-bond acceptors (Lipinski definition) is 4. The molecule has 0 spiro atoms. The number of nitriles is 1. The number of nitrogens with one attached hydrogen (secondary N) is 1. The molecule has 0 aliphatic carbocycles. The van der Waals surface area contributed by atoms with Crippen molar-refractivity contribution < 1.29 is 4.92 Å². The molecule has 0 radical (unpaired) electrons. The third kappa shape index (κ3) is 2.62. The molecule has 2 rings (SSSR count).